The van der Waals surface area contributed by atoms with Crippen LogP contribution in [-0.2, 0) is 16.0 Å². The van der Waals surface area contributed by atoms with Crippen LogP contribution in [0.2, 0.25) is 0 Å². The number of hydrogen-bond acceptors (Lipinski definition) is 5. The van der Waals surface area contributed by atoms with Crippen molar-refractivity contribution in [2.45, 2.75) is 26.7 Å². The van der Waals surface area contributed by atoms with Crippen LogP contribution in [0.5, 0.6) is 0 Å². The van der Waals surface area contributed by atoms with Gasteiger partial charge in [0.1, 0.15) is 0 Å². The number of hydrogen-bond donors (Lipinski definition) is 2. The quantitative estimate of drug-likeness (QED) is 0.787. The highest BCUT2D eigenvalue weighted by Gasteiger charge is 2.18. The van der Waals surface area contributed by atoms with Crippen LogP contribution in [0, 0.1) is 5.41 Å². The summed E-state index contributed by atoms with van der Waals surface area (Å²) < 4.78 is 5.05. The number of aromatic nitrogens is 1. The molecular formula is C12H21N3O2S. The Morgan fingerprint density at radius 1 is 1.61 bits per heavy atom. The van der Waals surface area contributed by atoms with Gasteiger partial charge in [0.2, 0.25) is 5.91 Å². The predicted molar refractivity (Wildman–Crippen MR) is 73.5 cm³/mol. The Kier molecular flexibility index (Phi) is 5.55. The van der Waals surface area contributed by atoms with E-state index in [4.69, 9.17) is 10.5 Å². The highest BCUT2D eigenvalue weighted by molar-refractivity contribution is 7.13. The zero-order valence-corrected chi connectivity index (χ0v) is 12.0. The summed E-state index contributed by atoms with van der Waals surface area (Å²) >= 11 is 1.35. The average molecular weight is 271 g/mol. The van der Waals surface area contributed by atoms with Gasteiger partial charge in [0.25, 0.3) is 0 Å². The van der Waals surface area contributed by atoms with E-state index in [2.05, 4.69) is 24.1 Å². The van der Waals surface area contributed by atoms with Gasteiger partial charge in [-0.1, -0.05) is 13.8 Å². The summed E-state index contributed by atoms with van der Waals surface area (Å²) in [7, 11) is 1.68. The van der Waals surface area contributed by atoms with E-state index in [0.717, 1.165) is 12.1 Å². The van der Waals surface area contributed by atoms with Gasteiger partial charge in [0.15, 0.2) is 5.13 Å². The van der Waals surface area contributed by atoms with Crippen molar-refractivity contribution in [1.82, 2.24) is 10.3 Å². The van der Waals surface area contributed by atoms with Crippen molar-refractivity contribution in [3.63, 3.8) is 0 Å². The molecule has 0 atom stereocenters. The van der Waals surface area contributed by atoms with Gasteiger partial charge in [0.05, 0.1) is 12.1 Å². The van der Waals surface area contributed by atoms with Crippen LogP contribution in [-0.4, -0.2) is 31.2 Å². The van der Waals surface area contributed by atoms with E-state index in [9.17, 15) is 4.79 Å². The molecule has 0 radical (unpaired) electrons. The third-order valence-electron chi connectivity index (χ3n) is 2.66. The highest BCUT2D eigenvalue weighted by Crippen LogP contribution is 2.18. The van der Waals surface area contributed by atoms with Crippen LogP contribution >= 0.6 is 11.3 Å². The fourth-order valence-electron chi connectivity index (χ4n) is 1.44. The smallest absolute Gasteiger partial charge is 0.226 e. The number of methoxy groups -OCH3 is 1. The van der Waals surface area contributed by atoms with Crippen LogP contribution in [0.25, 0.3) is 0 Å². The second-order valence-corrected chi connectivity index (χ2v) is 5.93. The Morgan fingerprint density at radius 2 is 2.33 bits per heavy atom. The fourth-order valence-corrected chi connectivity index (χ4v) is 2.00. The predicted octanol–water partition coefficient (Wildman–Crippen LogP) is 1.45. The van der Waals surface area contributed by atoms with E-state index < -0.39 is 0 Å². The van der Waals surface area contributed by atoms with Crippen LogP contribution in [0.15, 0.2) is 5.38 Å². The topological polar surface area (TPSA) is 77.2 Å². The molecule has 0 aliphatic heterocycles. The van der Waals surface area contributed by atoms with Gasteiger partial charge >= 0.3 is 0 Å². The van der Waals surface area contributed by atoms with E-state index in [1.807, 2.05) is 5.38 Å². The first-order valence-corrected chi connectivity index (χ1v) is 6.76. The molecule has 1 rings (SSSR count). The summed E-state index contributed by atoms with van der Waals surface area (Å²) in [6.07, 6.45) is 1.20. The number of nitrogen functional groups attached to an aromatic ring is 1. The number of anilines is 1. The van der Waals surface area contributed by atoms with Crippen LogP contribution in [0.1, 0.15) is 26.0 Å². The van der Waals surface area contributed by atoms with Crippen molar-refractivity contribution in [3.05, 3.63) is 11.1 Å². The molecule has 3 N–H and O–H groups in total. The van der Waals surface area contributed by atoms with Gasteiger partial charge in [-0.25, -0.2) is 4.98 Å². The van der Waals surface area contributed by atoms with E-state index in [0.29, 0.717) is 18.3 Å². The average Bonchev–Trinajstić information content (AvgIpc) is 2.70. The summed E-state index contributed by atoms with van der Waals surface area (Å²) in [4.78, 5) is 15.8. The molecule has 0 spiro atoms. The molecule has 0 aromatic carbocycles. The molecular weight excluding hydrogens is 250 g/mol. The van der Waals surface area contributed by atoms with Gasteiger partial charge in [-0.3, -0.25) is 4.79 Å². The normalized spacial score (nSPS) is 11.5. The lowest BCUT2D eigenvalue weighted by Gasteiger charge is -2.24. The Hall–Kier alpha value is -1.14. The molecule has 0 unspecified atom stereocenters. The van der Waals surface area contributed by atoms with E-state index in [1.54, 1.807) is 7.11 Å². The maximum Gasteiger partial charge on any atom is 0.226 e. The van der Waals surface area contributed by atoms with Gasteiger partial charge in [0, 0.05) is 25.6 Å². The van der Waals surface area contributed by atoms with Crippen molar-refractivity contribution >= 4 is 22.4 Å². The molecule has 0 aliphatic carbocycles. The number of rotatable bonds is 7. The number of nitrogens with one attached hydrogen (secondary N) is 1. The van der Waals surface area contributed by atoms with Crippen LogP contribution < -0.4 is 11.1 Å². The van der Waals surface area contributed by atoms with Crippen molar-refractivity contribution < 1.29 is 9.53 Å². The number of nitrogens with zero attached hydrogens (tertiary/aromatic N) is 1. The molecule has 0 saturated heterocycles. The molecule has 0 saturated carbocycles. The first kappa shape index (κ1) is 14.9. The SMILES string of the molecule is COCCC(C)(C)CNC(=O)Cc1csc(N)n1. The first-order chi connectivity index (χ1) is 8.43. The number of thiazole rings is 1. The summed E-state index contributed by atoms with van der Waals surface area (Å²) in [5, 5.41) is 5.23. The minimum atomic E-state index is -0.0224. The lowest BCUT2D eigenvalue weighted by atomic mass is 9.89. The molecule has 5 nitrogen and oxygen atoms in total. The summed E-state index contributed by atoms with van der Waals surface area (Å²) in [6, 6.07) is 0. The molecule has 102 valence electrons. The largest absolute Gasteiger partial charge is 0.385 e. The monoisotopic (exact) mass is 271 g/mol. The van der Waals surface area contributed by atoms with Gasteiger partial charge in [-0.05, 0) is 11.8 Å². The zero-order chi connectivity index (χ0) is 13.6. The standard InChI is InChI=1S/C12H21N3O2S/c1-12(2,4-5-17-3)8-14-10(16)6-9-7-18-11(13)15-9/h7H,4-6,8H2,1-3H3,(H2,13,15)(H,14,16). The van der Waals surface area contributed by atoms with Crippen molar-refractivity contribution in [2.75, 3.05) is 26.0 Å². The molecule has 1 amide bonds. The molecule has 6 heteroatoms. The minimum absolute atomic E-state index is 0.0224. The number of nitrogens with two attached hydrogens (primary N) is 1. The number of carbonyl (C=O) groups is 1. The highest BCUT2D eigenvalue weighted by atomic mass is 32.1. The molecule has 1 aromatic heterocycles. The molecule has 0 fully saturated rings. The summed E-state index contributed by atoms with van der Waals surface area (Å²) in [5.74, 6) is -0.0224. The second kappa shape index (κ2) is 6.70. The maximum atomic E-state index is 11.7. The number of carbonyl (C=O) groups excluding carboxylic acids is 1. The maximum absolute atomic E-state index is 11.7. The van der Waals surface area contributed by atoms with Crippen LogP contribution in [0.4, 0.5) is 5.13 Å². The Labute approximate surface area is 112 Å². The van der Waals surface area contributed by atoms with E-state index in [1.165, 1.54) is 11.3 Å². The van der Waals surface area contributed by atoms with Crippen molar-refractivity contribution in [3.8, 4) is 0 Å². The second-order valence-electron chi connectivity index (χ2n) is 5.04. The Morgan fingerprint density at radius 3 is 2.89 bits per heavy atom. The van der Waals surface area contributed by atoms with Crippen molar-refractivity contribution in [2.24, 2.45) is 5.41 Å². The fraction of sp³-hybridized carbons (Fsp3) is 0.667. The van der Waals surface area contributed by atoms with E-state index >= 15 is 0 Å². The zero-order valence-electron chi connectivity index (χ0n) is 11.2. The summed E-state index contributed by atoms with van der Waals surface area (Å²) in [5.41, 5.74) is 6.28. The molecule has 0 bridgehead atoms. The minimum Gasteiger partial charge on any atom is -0.385 e. The third kappa shape index (κ3) is 5.46. The Bertz CT molecular complexity index is 390. The lowest BCUT2D eigenvalue weighted by Crippen LogP contribution is -2.35. The molecule has 18 heavy (non-hydrogen) atoms. The van der Waals surface area contributed by atoms with Crippen molar-refractivity contribution in [1.29, 1.82) is 0 Å². The van der Waals surface area contributed by atoms with Gasteiger partial charge in [-0.2, -0.15) is 0 Å². The third-order valence-corrected chi connectivity index (χ3v) is 3.38. The van der Waals surface area contributed by atoms with E-state index in [-0.39, 0.29) is 17.7 Å². The van der Waals surface area contributed by atoms with Gasteiger partial charge in [-0.15, -0.1) is 11.3 Å². The van der Waals surface area contributed by atoms with Gasteiger partial charge < -0.3 is 15.8 Å². The number of amides is 1. The molecule has 1 aromatic rings. The number of ether oxygens (including phenoxy) is 1. The van der Waals surface area contributed by atoms with Crippen LogP contribution in [0.3, 0.4) is 0 Å². The lowest BCUT2D eigenvalue weighted by molar-refractivity contribution is -0.121. The Balaban J connectivity index is 2.32. The molecule has 1 heterocycles. The summed E-state index contributed by atoms with van der Waals surface area (Å²) in [6.45, 7) is 5.54. The first-order valence-electron chi connectivity index (χ1n) is 5.88. The molecule has 0 aliphatic rings.